The molecule has 2 aromatic heterocycles. The van der Waals surface area contributed by atoms with Crippen LogP contribution in [0.5, 0.6) is 0 Å². The summed E-state index contributed by atoms with van der Waals surface area (Å²) in [4.78, 5) is 27.4. The van der Waals surface area contributed by atoms with E-state index in [1.807, 2.05) is 13.8 Å². The summed E-state index contributed by atoms with van der Waals surface area (Å²) in [7, 11) is 1.80. The number of carbonyl (C=O) groups excluding carboxylic acids is 1. The molecule has 0 bridgehead atoms. The Balaban J connectivity index is 1.94. The Kier molecular flexibility index (Phi) is 4.73. The predicted octanol–water partition coefficient (Wildman–Crippen LogP) is 1.40. The first kappa shape index (κ1) is 17.4. The van der Waals surface area contributed by atoms with Gasteiger partial charge in [-0.3, -0.25) is 4.68 Å². The lowest BCUT2D eigenvalue weighted by Crippen LogP contribution is -2.47. The minimum Gasteiger partial charge on any atom is -0.320 e. The second-order valence-electron chi connectivity index (χ2n) is 6.59. The molecule has 1 fully saturated rings. The van der Waals surface area contributed by atoms with E-state index in [4.69, 9.17) is 0 Å². The van der Waals surface area contributed by atoms with E-state index in [0.717, 1.165) is 40.7 Å². The second kappa shape index (κ2) is 6.81. The van der Waals surface area contributed by atoms with Crippen molar-refractivity contribution in [2.75, 3.05) is 6.54 Å². The van der Waals surface area contributed by atoms with Crippen LogP contribution in [-0.4, -0.2) is 53.1 Å². The van der Waals surface area contributed by atoms with Gasteiger partial charge in [-0.05, 0) is 44.0 Å². The molecule has 0 saturated heterocycles. The number of aromatic nitrogens is 6. The first-order valence-corrected chi connectivity index (χ1v) is 8.82. The minimum absolute atomic E-state index is 0.171. The highest BCUT2D eigenvalue weighted by atomic mass is 16.2. The van der Waals surface area contributed by atoms with Crippen molar-refractivity contribution in [3.63, 3.8) is 0 Å². The Bertz CT molecular complexity index is 826. The van der Waals surface area contributed by atoms with Crippen LogP contribution < -0.4 is 5.69 Å². The van der Waals surface area contributed by atoms with Gasteiger partial charge < -0.3 is 4.90 Å². The summed E-state index contributed by atoms with van der Waals surface area (Å²) in [6.07, 6.45) is 5.39. The molecule has 0 unspecified atom stereocenters. The van der Waals surface area contributed by atoms with E-state index in [9.17, 15) is 9.59 Å². The number of rotatable bonds is 3. The van der Waals surface area contributed by atoms with Crippen molar-refractivity contribution in [3.8, 4) is 5.69 Å². The molecule has 0 radical (unpaired) electrons. The molecule has 3 rings (SSSR count). The van der Waals surface area contributed by atoms with Gasteiger partial charge in [0.2, 0.25) is 0 Å². The molecule has 1 amide bonds. The highest BCUT2D eigenvalue weighted by molar-refractivity contribution is 5.75. The zero-order valence-electron chi connectivity index (χ0n) is 15.3. The molecule has 9 nitrogen and oxygen atoms in total. The third-order valence-corrected chi connectivity index (χ3v) is 5.05. The third-order valence-electron chi connectivity index (χ3n) is 5.05. The van der Waals surface area contributed by atoms with E-state index in [-0.39, 0.29) is 6.04 Å². The number of amides is 1. The molecule has 2 aromatic rings. The van der Waals surface area contributed by atoms with Gasteiger partial charge >= 0.3 is 11.7 Å². The van der Waals surface area contributed by atoms with Gasteiger partial charge in [0.1, 0.15) is 5.69 Å². The van der Waals surface area contributed by atoms with Crippen molar-refractivity contribution in [3.05, 3.63) is 21.9 Å². The highest BCUT2D eigenvalue weighted by Crippen LogP contribution is 2.23. The Hall–Kier alpha value is -2.45. The number of nitrogens with zero attached hydrogens (tertiary/aromatic N) is 7. The molecule has 1 aliphatic rings. The quantitative estimate of drug-likeness (QED) is 0.783. The normalized spacial score (nSPS) is 15.5. The van der Waals surface area contributed by atoms with Crippen molar-refractivity contribution in [2.24, 2.45) is 7.05 Å². The SMILES string of the molecule is CCN(C(=O)n1nnn(-c2c(C)nn(C)c2C)c1=O)C1CCCCC1. The maximum atomic E-state index is 12.9. The van der Waals surface area contributed by atoms with Crippen LogP contribution >= 0.6 is 0 Å². The molecule has 0 atom stereocenters. The van der Waals surface area contributed by atoms with E-state index in [1.165, 1.54) is 6.42 Å². The fourth-order valence-electron chi connectivity index (χ4n) is 3.64. The van der Waals surface area contributed by atoms with Gasteiger partial charge in [-0.25, -0.2) is 9.59 Å². The predicted molar refractivity (Wildman–Crippen MR) is 91.9 cm³/mol. The summed E-state index contributed by atoms with van der Waals surface area (Å²) in [5.41, 5.74) is 1.48. The molecule has 9 heteroatoms. The van der Waals surface area contributed by atoms with Crippen LogP contribution in [0.1, 0.15) is 50.4 Å². The van der Waals surface area contributed by atoms with E-state index in [2.05, 4.69) is 15.5 Å². The number of aryl methyl sites for hydroxylation is 2. The van der Waals surface area contributed by atoms with Crippen LogP contribution in [0.4, 0.5) is 4.79 Å². The third kappa shape index (κ3) is 2.98. The van der Waals surface area contributed by atoms with Gasteiger partial charge in [0.05, 0.1) is 11.4 Å². The lowest BCUT2D eigenvalue weighted by atomic mass is 9.94. The number of hydrogen-bond acceptors (Lipinski definition) is 5. The standard InChI is InChI=1S/C16H25N7O2/c1-5-21(13-9-7-6-8-10-13)15(24)23-16(25)22(18-19-23)14-11(2)17-20(4)12(14)3/h13H,5-10H2,1-4H3. The van der Waals surface area contributed by atoms with Crippen LogP contribution in [0.25, 0.3) is 5.69 Å². The maximum Gasteiger partial charge on any atom is 0.377 e. The van der Waals surface area contributed by atoms with Crippen LogP contribution in [0, 0.1) is 13.8 Å². The van der Waals surface area contributed by atoms with E-state index < -0.39 is 11.7 Å². The molecule has 2 heterocycles. The molecular formula is C16H25N7O2. The van der Waals surface area contributed by atoms with Crippen molar-refractivity contribution in [2.45, 2.75) is 58.9 Å². The molecule has 1 saturated carbocycles. The fourth-order valence-corrected chi connectivity index (χ4v) is 3.64. The Labute approximate surface area is 146 Å². The van der Waals surface area contributed by atoms with Gasteiger partial charge in [-0.1, -0.05) is 19.3 Å². The number of tetrazole rings is 1. The molecule has 0 aliphatic heterocycles. The lowest BCUT2D eigenvalue weighted by molar-refractivity contribution is 0.157. The van der Waals surface area contributed by atoms with Gasteiger partial charge in [0.25, 0.3) is 0 Å². The summed E-state index contributed by atoms with van der Waals surface area (Å²) in [6.45, 7) is 6.13. The van der Waals surface area contributed by atoms with Crippen molar-refractivity contribution >= 4 is 6.03 Å². The smallest absolute Gasteiger partial charge is 0.320 e. The van der Waals surface area contributed by atoms with Crippen molar-refractivity contribution < 1.29 is 4.79 Å². The summed E-state index contributed by atoms with van der Waals surface area (Å²) in [6, 6.07) is -0.227. The first-order chi connectivity index (χ1) is 12.0. The van der Waals surface area contributed by atoms with E-state index in [0.29, 0.717) is 17.9 Å². The maximum absolute atomic E-state index is 12.9. The first-order valence-electron chi connectivity index (χ1n) is 8.82. The monoisotopic (exact) mass is 347 g/mol. The van der Waals surface area contributed by atoms with Crippen LogP contribution in [0.2, 0.25) is 0 Å². The molecule has 25 heavy (non-hydrogen) atoms. The van der Waals surface area contributed by atoms with E-state index >= 15 is 0 Å². The summed E-state index contributed by atoms with van der Waals surface area (Å²) < 4.78 is 3.70. The Morgan fingerprint density at radius 1 is 1.20 bits per heavy atom. The van der Waals surface area contributed by atoms with Gasteiger partial charge in [0, 0.05) is 19.6 Å². The highest BCUT2D eigenvalue weighted by Gasteiger charge is 2.28. The molecular weight excluding hydrogens is 322 g/mol. The van der Waals surface area contributed by atoms with Gasteiger partial charge in [-0.15, -0.1) is 4.68 Å². The molecule has 136 valence electrons. The zero-order chi connectivity index (χ0) is 18.1. The van der Waals surface area contributed by atoms with Crippen LogP contribution in [0.3, 0.4) is 0 Å². The van der Waals surface area contributed by atoms with Crippen LogP contribution in [0.15, 0.2) is 4.79 Å². The average Bonchev–Trinajstić information content (AvgIpc) is 3.08. The largest absolute Gasteiger partial charge is 0.377 e. The number of hydrogen-bond donors (Lipinski definition) is 0. The van der Waals surface area contributed by atoms with Crippen LogP contribution in [-0.2, 0) is 7.05 Å². The van der Waals surface area contributed by atoms with Gasteiger partial charge in [-0.2, -0.15) is 9.78 Å². The molecule has 0 N–H and O–H groups in total. The Morgan fingerprint density at radius 2 is 1.88 bits per heavy atom. The van der Waals surface area contributed by atoms with Crippen molar-refractivity contribution in [1.29, 1.82) is 0 Å². The fraction of sp³-hybridized carbons (Fsp3) is 0.688. The van der Waals surface area contributed by atoms with Gasteiger partial charge in [0.15, 0.2) is 0 Å². The molecule has 0 spiro atoms. The summed E-state index contributed by atoms with van der Waals surface area (Å²) >= 11 is 0. The van der Waals surface area contributed by atoms with Crippen molar-refractivity contribution in [1.82, 2.24) is 34.5 Å². The average molecular weight is 347 g/mol. The summed E-state index contributed by atoms with van der Waals surface area (Å²) in [5, 5.41) is 12.0. The Morgan fingerprint density at radius 3 is 2.44 bits per heavy atom. The number of carbonyl (C=O) groups is 1. The topological polar surface area (TPSA) is 90.8 Å². The lowest BCUT2D eigenvalue weighted by Gasteiger charge is -2.32. The minimum atomic E-state index is -0.557. The zero-order valence-corrected chi connectivity index (χ0v) is 15.3. The second-order valence-corrected chi connectivity index (χ2v) is 6.59. The molecule has 1 aliphatic carbocycles. The molecule has 0 aromatic carbocycles. The summed E-state index contributed by atoms with van der Waals surface area (Å²) in [5.74, 6) is 0. The van der Waals surface area contributed by atoms with E-state index in [1.54, 1.807) is 23.6 Å².